The van der Waals surface area contributed by atoms with Gasteiger partial charge in [-0.05, 0) is 13.3 Å². The zero-order valence-electron chi connectivity index (χ0n) is 12.4. The molecule has 0 spiro atoms. The summed E-state index contributed by atoms with van der Waals surface area (Å²) in [7, 11) is 3.32. The first kappa shape index (κ1) is 13.9. The van der Waals surface area contributed by atoms with Gasteiger partial charge in [0.2, 0.25) is 5.96 Å². The minimum atomic E-state index is -0.481. The molecule has 0 radical (unpaired) electrons. The van der Waals surface area contributed by atoms with Gasteiger partial charge in [-0.2, -0.15) is 0 Å². The van der Waals surface area contributed by atoms with Gasteiger partial charge in [-0.1, -0.05) is 0 Å². The lowest BCUT2D eigenvalue weighted by atomic mass is 10.1. The quantitative estimate of drug-likeness (QED) is 0.723. The van der Waals surface area contributed by atoms with Gasteiger partial charge >= 0.3 is 6.03 Å². The van der Waals surface area contributed by atoms with Crippen LogP contribution in [-0.2, 0) is 9.53 Å². The Hall–Kier alpha value is -2.09. The highest BCUT2D eigenvalue weighted by molar-refractivity contribution is 6.04. The number of nitrogens with one attached hydrogen (secondary N) is 1. The van der Waals surface area contributed by atoms with Gasteiger partial charge < -0.3 is 19.4 Å². The SMILES string of the molecule is COCCCN1C(C)=CN2C1=NC1C2C(=O)NC(=O)N1C. The molecular formula is C13H19N5O3. The molecule has 8 heteroatoms. The third-order valence-electron chi connectivity index (χ3n) is 4.00. The molecule has 21 heavy (non-hydrogen) atoms. The fourth-order valence-corrected chi connectivity index (χ4v) is 2.89. The summed E-state index contributed by atoms with van der Waals surface area (Å²) in [5, 5.41) is 2.36. The van der Waals surface area contributed by atoms with E-state index in [1.54, 1.807) is 14.2 Å². The highest BCUT2D eigenvalue weighted by atomic mass is 16.5. The number of carbonyl (C=O) groups excluding carboxylic acids is 2. The number of hydrogen-bond donors (Lipinski definition) is 1. The summed E-state index contributed by atoms with van der Waals surface area (Å²) in [5.41, 5.74) is 1.04. The number of amides is 3. The van der Waals surface area contributed by atoms with Crippen molar-refractivity contribution >= 4 is 17.9 Å². The van der Waals surface area contributed by atoms with Crippen LogP contribution in [0.25, 0.3) is 0 Å². The fraction of sp³-hybridized carbons (Fsp3) is 0.615. The van der Waals surface area contributed by atoms with Crippen molar-refractivity contribution < 1.29 is 14.3 Å². The number of allylic oxidation sites excluding steroid dienone is 1. The van der Waals surface area contributed by atoms with E-state index in [0.29, 0.717) is 6.61 Å². The third-order valence-corrected chi connectivity index (χ3v) is 4.00. The van der Waals surface area contributed by atoms with Crippen molar-refractivity contribution in [2.75, 3.05) is 27.3 Å². The first-order valence-electron chi connectivity index (χ1n) is 6.93. The number of ether oxygens (including phenoxy) is 1. The number of rotatable bonds is 4. The van der Waals surface area contributed by atoms with Gasteiger partial charge in [-0.25, -0.2) is 9.79 Å². The number of fused-ring (bicyclic) bond motifs is 3. The molecule has 1 N–H and O–H groups in total. The molecule has 8 nitrogen and oxygen atoms in total. The molecule has 3 heterocycles. The van der Waals surface area contributed by atoms with Crippen molar-refractivity contribution in [2.24, 2.45) is 4.99 Å². The van der Waals surface area contributed by atoms with Crippen molar-refractivity contribution in [1.82, 2.24) is 20.0 Å². The number of likely N-dealkylation sites (N-methyl/N-ethyl adjacent to an activating group) is 1. The summed E-state index contributed by atoms with van der Waals surface area (Å²) in [4.78, 5) is 33.8. The minimum absolute atomic E-state index is 0.301. The molecule has 1 saturated heterocycles. The van der Waals surface area contributed by atoms with E-state index in [2.05, 4.69) is 15.2 Å². The molecular weight excluding hydrogens is 274 g/mol. The van der Waals surface area contributed by atoms with E-state index in [0.717, 1.165) is 24.6 Å². The summed E-state index contributed by atoms with van der Waals surface area (Å²) in [6, 6.07) is -0.886. The predicted octanol–water partition coefficient (Wildman–Crippen LogP) is -0.252. The number of urea groups is 1. The number of guanidine groups is 1. The van der Waals surface area contributed by atoms with E-state index in [-0.39, 0.29) is 5.91 Å². The van der Waals surface area contributed by atoms with Gasteiger partial charge in [-0.3, -0.25) is 10.1 Å². The second-order valence-electron chi connectivity index (χ2n) is 5.37. The fourth-order valence-electron chi connectivity index (χ4n) is 2.89. The number of carbonyl (C=O) groups is 2. The lowest BCUT2D eigenvalue weighted by Crippen LogP contribution is -2.62. The Morgan fingerprint density at radius 2 is 2.19 bits per heavy atom. The predicted molar refractivity (Wildman–Crippen MR) is 75.1 cm³/mol. The Bertz CT molecular complexity index is 544. The summed E-state index contributed by atoms with van der Waals surface area (Å²) in [5.74, 6) is 0.431. The Kier molecular flexibility index (Phi) is 3.32. The lowest BCUT2D eigenvalue weighted by Gasteiger charge is -2.34. The molecule has 0 aromatic heterocycles. The van der Waals surface area contributed by atoms with E-state index in [1.807, 2.05) is 18.0 Å². The normalized spacial score (nSPS) is 27.5. The maximum atomic E-state index is 12.1. The van der Waals surface area contributed by atoms with E-state index in [4.69, 9.17) is 4.74 Å². The average molecular weight is 293 g/mol. The van der Waals surface area contributed by atoms with Crippen LogP contribution in [0.3, 0.4) is 0 Å². The zero-order chi connectivity index (χ0) is 15.1. The standard InChI is InChI=1S/C13H19N5O3/c1-8-7-18-9-10(16(2)13(20)15-11(9)19)14-12(18)17(8)5-4-6-21-3/h7,9-10H,4-6H2,1-3H3,(H,15,19,20). The molecule has 0 aromatic rings. The molecule has 3 aliphatic heterocycles. The van der Waals surface area contributed by atoms with Gasteiger partial charge in [0.15, 0.2) is 12.2 Å². The maximum Gasteiger partial charge on any atom is 0.325 e. The number of methoxy groups -OCH3 is 1. The number of aliphatic imine (C=N–C) groups is 1. The van der Waals surface area contributed by atoms with Gasteiger partial charge in [0.1, 0.15) is 0 Å². The maximum absolute atomic E-state index is 12.1. The van der Waals surface area contributed by atoms with Crippen LogP contribution in [0.2, 0.25) is 0 Å². The third kappa shape index (κ3) is 2.06. The second kappa shape index (κ2) is 5.03. The molecule has 0 aliphatic carbocycles. The van der Waals surface area contributed by atoms with Crippen LogP contribution in [0.15, 0.2) is 16.9 Å². The van der Waals surface area contributed by atoms with Crippen LogP contribution < -0.4 is 5.32 Å². The monoisotopic (exact) mass is 293 g/mol. The molecule has 1 fully saturated rings. The summed E-state index contributed by atoms with van der Waals surface area (Å²) >= 11 is 0. The average Bonchev–Trinajstić information content (AvgIpc) is 2.93. The molecule has 2 unspecified atom stereocenters. The van der Waals surface area contributed by atoms with Crippen molar-refractivity contribution in [3.8, 4) is 0 Å². The lowest BCUT2D eigenvalue weighted by molar-refractivity contribution is -0.126. The van der Waals surface area contributed by atoms with E-state index in [9.17, 15) is 9.59 Å². The second-order valence-corrected chi connectivity index (χ2v) is 5.37. The van der Waals surface area contributed by atoms with Crippen LogP contribution in [-0.4, -0.2) is 72.1 Å². The number of nitrogens with zero attached hydrogens (tertiary/aromatic N) is 4. The Morgan fingerprint density at radius 1 is 1.43 bits per heavy atom. The molecule has 0 saturated carbocycles. The van der Waals surface area contributed by atoms with Crippen molar-refractivity contribution in [2.45, 2.75) is 25.6 Å². The van der Waals surface area contributed by atoms with E-state index < -0.39 is 18.2 Å². The molecule has 0 bridgehead atoms. The van der Waals surface area contributed by atoms with Gasteiger partial charge in [0, 0.05) is 39.2 Å². The first-order chi connectivity index (χ1) is 10.0. The Morgan fingerprint density at radius 3 is 2.90 bits per heavy atom. The van der Waals surface area contributed by atoms with Crippen LogP contribution in [0, 0.1) is 0 Å². The van der Waals surface area contributed by atoms with Gasteiger partial charge in [0.05, 0.1) is 0 Å². The number of hydrogen-bond acceptors (Lipinski definition) is 6. The molecule has 3 amide bonds. The van der Waals surface area contributed by atoms with E-state index in [1.165, 1.54) is 4.90 Å². The highest BCUT2D eigenvalue weighted by Crippen LogP contribution is 2.31. The largest absolute Gasteiger partial charge is 0.385 e. The minimum Gasteiger partial charge on any atom is -0.385 e. The summed E-state index contributed by atoms with van der Waals surface area (Å²) < 4.78 is 5.07. The van der Waals surface area contributed by atoms with Crippen LogP contribution in [0.1, 0.15) is 13.3 Å². The van der Waals surface area contributed by atoms with Crippen molar-refractivity contribution in [3.05, 3.63) is 11.9 Å². The molecule has 3 rings (SSSR count). The topological polar surface area (TPSA) is 77.5 Å². The Balaban J connectivity index is 1.83. The summed E-state index contributed by atoms with van der Waals surface area (Å²) in [6.07, 6.45) is 2.32. The number of imide groups is 1. The molecule has 0 aromatic carbocycles. The molecule has 3 aliphatic rings. The Labute approximate surface area is 123 Å². The molecule has 114 valence electrons. The van der Waals surface area contributed by atoms with Gasteiger partial charge in [0.25, 0.3) is 5.91 Å². The van der Waals surface area contributed by atoms with Crippen molar-refractivity contribution in [1.29, 1.82) is 0 Å². The zero-order valence-corrected chi connectivity index (χ0v) is 12.4. The van der Waals surface area contributed by atoms with Gasteiger partial charge in [-0.15, -0.1) is 0 Å². The van der Waals surface area contributed by atoms with Crippen molar-refractivity contribution in [3.63, 3.8) is 0 Å². The van der Waals surface area contributed by atoms with E-state index >= 15 is 0 Å². The smallest absolute Gasteiger partial charge is 0.325 e. The van der Waals surface area contributed by atoms with Crippen LogP contribution in [0.5, 0.6) is 0 Å². The first-order valence-corrected chi connectivity index (χ1v) is 6.93. The van der Waals surface area contributed by atoms with Crippen LogP contribution >= 0.6 is 0 Å². The molecule has 2 atom stereocenters. The highest BCUT2D eigenvalue weighted by Gasteiger charge is 2.51. The van der Waals surface area contributed by atoms with Crippen LogP contribution in [0.4, 0.5) is 4.79 Å². The summed E-state index contributed by atoms with van der Waals surface area (Å²) in [6.45, 7) is 3.42.